The smallest absolute Gasteiger partial charge is 0.271 e. The zero-order valence-corrected chi connectivity index (χ0v) is 14.4. The number of nitrogens with one attached hydrogen (secondary N) is 1. The van der Waals surface area contributed by atoms with E-state index in [9.17, 15) is 4.79 Å². The van der Waals surface area contributed by atoms with Crippen LogP contribution in [0.1, 0.15) is 10.5 Å². The molecule has 1 aliphatic rings. The van der Waals surface area contributed by atoms with Gasteiger partial charge in [-0.15, -0.1) is 0 Å². The van der Waals surface area contributed by atoms with Gasteiger partial charge in [-0.2, -0.15) is 0 Å². The van der Waals surface area contributed by atoms with Crippen LogP contribution >= 0.6 is 15.9 Å². The fraction of sp³-hybridized carbons (Fsp3) is 0.235. The molecule has 122 valence electrons. The molecular weight excluding hydrogens is 372 g/mol. The number of rotatable bonds is 2. The summed E-state index contributed by atoms with van der Waals surface area (Å²) >= 11 is 3.50. The summed E-state index contributed by atoms with van der Waals surface area (Å²) in [5, 5.41) is 0.958. The molecule has 6 nitrogen and oxygen atoms in total. The lowest BCUT2D eigenvalue weighted by molar-refractivity contribution is 0.0300. The Balaban J connectivity index is 1.89. The molecule has 7 heteroatoms. The maximum atomic E-state index is 13.0. The highest BCUT2D eigenvalue weighted by molar-refractivity contribution is 9.10. The molecule has 0 spiro atoms. The summed E-state index contributed by atoms with van der Waals surface area (Å²) in [5.41, 5.74) is 3.00. The van der Waals surface area contributed by atoms with E-state index in [4.69, 9.17) is 4.74 Å². The minimum Gasteiger partial charge on any atom is -0.378 e. The van der Waals surface area contributed by atoms with Crippen molar-refractivity contribution in [2.24, 2.45) is 0 Å². The lowest BCUT2D eigenvalue weighted by Crippen LogP contribution is -2.41. The van der Waals surface area contributed by atoms with Crippen LogP contribution in [0.5, 0.6) is 0 Å². The van der Waals surface area contributed by atoms with Crippen LogP contribution in [0.15, 0.2) is 41.3 Å². The van der Waals surface area contributed by atoms with Gasteiger partial charge in [-0.05, 0) is 24.3 Å². The Labute approximate surface area is 147 Å². The largest absolute Gasteiger partial charge is 0.378 e. The molecule has 0 unspecified atom stereocenters. The highest BCUT2D eigenvalue weighted by Crippen LogP contribution is 2.33. The van der Waals surface area contributed by atoms with Gasteiger partial charge in [0.2, 0.25) is 0 Å². The molecular formula is C17H15BrN4O2. The van der Waals surface area contributed by atoms with Gasteiger partial charge in [-0.25, -0.2) is 9.97 Å². The van der Waals surface area contributed by atoms with Crippen LogP contribution in [0.2, 0.25) is 0 Å². The molecule has 1 aromatic carbocycles. The first-order chi connectivity index (χ1) is 11.7. The van der Waals surface area contributed by atoms with Gasteiger partial charge in [0.25, 0.3) is 5.91 Å². The first-order valence-corrected chi connectivity index (χ1v) is 8.48. The van der Waals surface area contributed by atoms with E-state index < -0.39 is 0 Å². The number of morpholine rings is 1. The molecule has 1 N–H and O–H groups in total. The Kier molecular flexibility index (Phi) is 4.03. The van der Waals surface area contributed by atoms with Crippen molar-refractivity contribution in [2.45, 2.75) is 0 Å². The van der Waals surface area contributed by atoms with E-state index in [0.29, 0.717) is 32.0 Å². The Morgan fingerprint density at radius 1 is 1.25 bits per heavy atom. The number of hydrogen-bond acceptors (Lipinski definition) is 4. The normalized spacial score (nSPS) is 15.0. The quantitative estimate of drug-likeness (QED) is 0.734. The molecule has 4 rings (SSSR count). The van der Waals surface area contributed by atoms with E-state index in [0.717, 1.165) is 26.6 Å². The second-order valence-electron chi connectivity index (χ2n) is 5.56. The maximum Gasteiger partial charge on any atom is 0.271 e. The molecule has 3 aromatic rings. The standard InChI is InChI=1S/C17H15BrN4O2/c18-11-1-2-13-12(9-11)15(14-3-4-19-10-20-14)16(21-13)17(23)22-5-7-24-8-6-22/h1-4,9-10,21H,5-8H2. The van der Waals surface area contributed by atoms with Crippen LogP contribution in [0, 0.1) is 0 Å². The van der Waals surface area contributed by atoms with Crippen molar-refractivity contribution in [3.8, 4) is 11.3 Å². The number of amides is 1. The predicted molar refractivity (Wildman–Crippen MR) is 93.7 cm³/mol. The topological polar surface area (TPSA) is 71.1 Å². The highest BCUT2D eigenvalue weighted by atomic mass is 79.9. The summed E-state index contributed by atoms with van der Waals surface area (Å²) in [5.74, 6) is -0.0285. The minimum atomic E-state index is -0.0285. The number of benzene rings is 1. The third-order valence-corrected chi connectivity index (χ3v) is 4.60. The van der Waals surface area contributed by atoms with Crippen molar-refractivity contribution in [2.75, 3.05) is 26.3 Å². The molecule has 3 heterocycles. The number of halogens is 1. The first-order valence-electron chi connectivity index (χ1n) is 7.68. The Hall–Kier alpha value is -2.25. The van der Waals surface area contributed by atoms with Crippen LogP contribution in [-0.2, 0) is 4.74 Å². The molecule has 1 aliphatic heterocycles. The lowest BCUT2D eigenvalue weighted by atomic mass is 10.1. The average Bonchev–Trinajstić information content (AvgIpc) is 3.01. The van der Waals surface area contributed by atoms with Gasteiger partial charge in [0.15, 0.2) is 0 Å². The summed E-state index contributed by atoms with van der Waals surface area (Å²) in [7, 11) is 0. The third-order valence-electron chi connectivity index (χ3n) is 4.11. The van der Waals surface area contributed by atoms with Gasteiger partial charge >= 0.3 is 0 Å². The van der Waals surface area contributed by atoms with Crippen LogP contribution in [-0.4, -0.2) is 52.1 Å². The number of hydrogen-bond donors (Lipinski definition) is 1. The van der Waals surface area contributed by atoms with Crippen LogP contribution < -0.4 is 0 Å². The first kappa shape index (κ1) is 15.3. The van der Waals surface area contributed by atoms with Crippen LogP contribution in [0.25, 0.3) is 22.2 Å². The molecule has 0 saturated carbocycles. The van der Waals surface area contributed by atoms with E-state index in [1.54, 1.807) is 6.20 Å². The molecule has 1 saturated heterocycles. The van der Waals surface area contributed by atoms with Gasteiger partial charge in [-0.3, -0.25) is 4.79 Å². The summed E-state index contributed by atoms with van der Waals surface area (Å²) in [4.78, 5) is 26.4. The Bertz CT molecular complexity index is 888. The van der Waals surface area contributed by atoms with Crippen molar-refractivity contribution >= 4 is 32.7 Å². The molecule has 1 amide bonds. The van der Waals surface area contributed by atoms with E-state index in [1.807, 2.05) is 29.2 Å². The summed E-state index contributed by atoms with van der Waals surface area (Å²) < 4.78 is 6.30. The van der Waals surface area contributed by atoms with Gasteiger partial charge in [0, 0.05) is 40.2 Å². The molecule has 1 fully saturated rings. The lowest BCUT2D eigenvalue weighted by Gasteiger charge is -2.26. The van der Waals surface area contributed by atoms with Gasteiger partial charge in [0.1, 0.15) is 12.0 Å². The summed E-state index contributed by atoms with van der Waals surface area (Å²) in [6, 6.07) is 7.73. The number of carbonyl (C=O) groups is 1. The molecule has 24 heavy (non-hydrogen) atoms. The molecule has 0 bridgehead atoms. The van der Waals surface area contributed by atoms with Gasteiger partial charge in [-0.1, -0.05) is 15.9 Å². The van der Waals surface area contributed by atoms with E-state index in [2.05, 4.69) is 30.9 Å². The summed E-state index contributed by atoms with van der Waals surface area (Å²) in [6.45, 7) is 2.34. The third kappa shape index (κ3) is 2.70. The number of carbonyl (C=O) groups excluding carboxylic acids is 1. The maximum absolute atomic E-state index is 13.0. The van der Waals surface area contributed by atoms with E-state index in [-0.39, 0.29) is 5.91 Å². The van der Waals surface area contributed by atoms with Crippen molar-refractivity contribution in [3.63, 3.8) is 0 Å². The number of aromatic nitrogens is 3. The van der Waals surface area contributed by atoms with Crippen LogP contribution in [0.4, 0.5) is 0 Å². The van der Waals surface area contributed by atoms with Crippen molar-refractivity contribution in [1.29, 1.82) is 0 Å². The second kappa shape index (κ2) is 6.33. The Morgan fingerprint density at radius 3 is 2.83 bits per heavy atom. The number of H-pyrrole nitrogens is 1. The number of aromatic amines is 1. The van der Waals surface area contributed by atoms with E-state index in [1.165, 1.54) is 6.33 Å². The van der Waals surface area contributed by atoms with Crippen LogP contribution in [0.3, 0.4) is 0 Å². The minimum absolute atomic E-state index is 0.0285. The molecule has 0 atom stereocenters. The zero-order valence-electron chi connectivity index (χ0n) is 12.8. The fourth-order valence-electron chi connectivity index (χ4n) is 2.95. The highest BCUT2D eigenvalue weighted by Gasteiger charge is 2.25. The number of nitrogens with zero attached hydrogens (tertiary/aromatic N) is 3. The SMILES string of the molecule is O=C(c1[nH]c2ccc(Br)cc2c1-c1ccncn1)N1CCOCC1. The molecule has 0 aliphatic carbocycles. The van der Waals surface area contributed by atoms with E-state index >= 15 is 0 Å². The van der Waals surface area contributed by atoms with Crippen molar-refractivity contribution < 1.29 is 9.53 Å². The zero-order chi connectivity index (χ0) is 16.5. The van der Waals surface area contributed by atoms with Gasteiger partial charge in [0.05, 0.1) is 18.9 Å². The molecule has 0 radical (unpaired) electrons. The van der Waals surface area contributed by atoms with Gasteiger partial charge < -0.3 is 14.6 Å². The fourth-order valence-corrected chi connectivity index (χ4v) is 3.31. The average molecular weight is 387 g/mol. The number of fused-ring (bicyclic) bond motifs is 1. The summed E-state index contributed by atoms with van der Waals surface area (Å²) in [6.07, 6.45) is 3.18. The predicted octanol–water partition coefficient (Wildman–Crippen LogP) is 2.86. The van der Waals surface area contributed by atoms with Crippen molar-refractivity contribution in [1.82, 2.24) is 19.9 Å². The second-order valence-corrected chi connectivity index (χ2v) is 6.48. The molecule has 2 aromatic heterocycles. The van der Waals surface area contributed by atoms with Crippen molar-refractivity contribution in [3.05, 3.63) is 47.0 Å². The monoisotopic (exact) mass is 386 g/mol. The Morgan fingerprint density at radius 2 is 2.08 bits per heavy atom. The number of ether oxygens (including phenoxy) is 1.